The maximum absolute atomic E-state index is 13.1. The molecule has 17 nitrogen and oxygen atoms in total. The number of hydrogen-bond donors (Lipinski definition) is 3. The molecule has 0 spiro atoms. The minimum absolute atomic E-state index is 0.107. The van der Waals surface area contributed by atoms with Crippen LogP contribution in [0.5, 0.6) is 0 Å². The molecule has 0 aliphatic rings. The summed E-state index contributed by atoms with van der Waals surface area (Å²) in [6, 6.07) is 0. The number of phosphoric ester groups is 2. The summed E-state index contributed by atoms with van der Waals surface area (Å²) in [5.41, 5.74) is 0. The molecule has 6 atom stereocenters. The number of phosphoric acid groups is 2. The van der Waals surface area contributed by atoms with E-state index in [9.17, 15) is 43.2 Å². The van der Waals surface area contributed by atoms with Gasteiger partial charge in [-0.1, -0.05) is 401 Å². The van der Waals surface area contributed by atoms with E-state index in [0.717, 1.165) is 108 Å². The van der Waals surface area contributed by atoms with Crippen molar-refractivity contribution < 1.29 is 80.2 Å². The van der Waals surface area contributed by atoms with E-state index >= 15 is 0 Å². The molecule has 618 valence electrons. The summed E-state index contributed by atoms with van der Waals surface area (Å²) in [6.07, 6.45) is 68.1. The zero-order chi connectivity index (χ0) is 76.4. The number of hydrogen-bond acceptors (Lipinski definition) is 15. The summed E-state index contributed by atoms with van der Waals surface area (Å²) in [5.74, 6) is -0.568. The van der Waals surface area contributed by atoms with E-state index in [0.29, 0.717) is 25.7 Å². The van der Waals surface area contributed by atoms with Crippen LogP contribution in [0.2, 0.25) is 0 Å². The van der Waals surface area contributed by atoms with Crippen LogP contribution in [0.15, 0.2) is 0 Å². The average molecular weight is 1520 g/mol. The zero-order valence-electron chi connectivity index (χ0n) is 68.3. The van der Waals surface area contributed by atoms with Gasteiger partial charge in [0.25, 0.3) is 0 Å². The summed E-state index contributed by atoms with van der Waals surface area (Å²) in [6.45, 7) is 9.65. The Kier molecular flexibility index (Phi) is 75.0. The highest BCUT2D eigenvalue weighted by Crippen LogP contribution is 2.45. The normalized spacial score (nSPS) is 14.1. The quantitative estimate of drug-likeness (QED) is 0.0222. The number of aliphatic hydroxyl groups excluding tert-OH is 1. The molecule has 0 aromatic heterocycles. The van der Waals surface area contributed by atoms with E-state index in [2.05, 4.69) is 41.5 Å². The summed E-state index contributed by atoms with van der Waals surface area (Å²) in [5, 5.41) is 10.7. The van der Waals surface area contributed by atoms with Gasteiger partial charge in [-0.25, -0.2) is 9.13 Å². The van der Waals surface area contributed by atoms with Crippen LogP contribution < -0.4 is 0 Å². The molecule has 0 rings (SSSR count). The smallest absolute Gasteiger partial charge is 0.462 e. The number of rotatable bonds is 84. The molecule has 19 heteroatoms. The molecule has 0 radical (unpaired) electrons. The van der Waals surface area contributed by atoms with Crippen molar-refractivity contribution in [2.24, 2.45) is 11.8 Å². The van der Waals surface area contributed by atoms with Crippen LogP contribution in [0.4, 0.5) is 0 Å². The standard InChI is InChI=1S/C85H166O17P2/c1-7-10-12-14-16-18-20-22-24-25-26-27-28-29-30-33-38-42-46-50-58-64-70-84(89)101-80(73-95-82(87)67-61-55-48-44-40-37-34-31-32-35-39-43-47-53-59-65-77(4)5)75-99-103(91,92)97-71-79(86)72-98-104(93,94)100-76-81(74-96-83(88)68-62-56-52-51-54-60-66-78(6)9-3)102-85(90)69-63-57-49-45-41-36-23-21-19-17-15-13-11-8-2/h77-81,86H,7-76H2,1-6H3,(H,91,92)(H,93,94)/t78?,79-,80-,81-/m1/s1. The number of carbonyl (C=O) groups excluding carboxylic acids is 4. The van der Waals surface area contributed by atoms with Crippen molar-refractivity contribution in [2.45, 2.75) is 471 Å². The van der Waals surface area contributed by atoms with Gasteiger partial charge in [-0.3, -0.25) is 37.3 Å². The number of ether oxygens (including phenoxy) is 4. The van der Waals surface area contributed by atoms with Gasteiger partial charge in [0.2, 0.25) is 0 Å². The Morgan fingerprint density at radius 2 is 0.490 bits per heavy atom. The molecule has 0 heterocycles. The fourth-order valence-electron chi connectivity index (χ4n) is 13.2. The van der Waals surface area contributed by atoms with Crippen molar-refractivity contribution >= 4 is 39.5 Å². The second-order valence-corrected chi connectivity index (χ2v) is 34.2. The topological polar surface area (TPSA) is 237 Å². The van der Waals surface area contributed by atoms with Gasteiger partial charge in [0, 0.05) is 25.7 Å². The Labute approximate surface area is 638 Å². The van der Waals surface area contributed by atoms with Crippen LogP contribution in [0, 0.1) is 11.8 Å². The lowest BCUT2D eigenvalue weighted by atomic mass is 10.00. The van der Waals surface area contributed by atoms with E-state index in [1.165, 1.54) is 263 Å². The van der Waals surface area contributed by atoms with Gasteiger partial charge < -0.3 is 33.8 Å². The lowest BCUT2D eigenvalue weighted by Gasteiger charge is -2.21. The first-order chi connectivity index (χ1) is 50.4. The highest BCUT2D eigenvalue weighted by atomic mass is 31.2. The Morgan fingerprint density at radius 3 is 0.731 bits per heavy atom. The van der Waals surface area contributed by atoms with Crippen LogP contribution in [0.3, 0.4) is 0 Å². The fraction of sp³-hybridized carbons (Fsp3) is 0.953. The first-order valence-electron chi connectivity index (χ1n) is 44.0. The Morgan fingerprint density at radius 1 is 0.279 bits per heavy atom. The molecule has 0 saturated heterocycles. The average Bonchev–Trinajstić information content (AvgIpc) is 0.950. The molecule has 3 N–H and O–H groups in total. The van der Waals surface area contributed by atoms with E-state index < -0.39 is 97.5 Å². The monoisotopic (exact) mass is 1520 g/mol. The zero-order valence-corrected chi connectivity index (χ0v) is 70.1. The van der Waals surface area contributed by atoms with E-state index in [4.69, 9.17) is 37.0 Å². The third kappa shape index (κ3) is 76.8. The summed E-state index contributed by atoms with van der Waals surface area (Å²) >= 11 is 0. The molecular weight excluding hydrogens is 1350 g/mol. The summed E-state index contributed by atoms with van der Waals surface area (Å²) in [4.78, 5) is 73.1. The first kappa shape index (κ1) is 102. The third-order valence-corrected chi connectivity index (χ3v) is 22.2. The summed E-state index contributed by atoms with van der Waals surface area (Å²) < 4.78 is 68.8. The molecular formula is C85H166O17P2. The fourth-order valence-corrected chi connectivity index (χ4v) is 14.8. The van der Waals surface area contributed by atoms with Crippen molar-refractivity contribution in [3.8, 4) is 0 Å². The molecule has 0 aromatic rings. The molecule has 104 heavy (non-hydrogen) atoms. The Balaban J connectivity index is 5.22. The minimum Gasteiger partial charge on any atom is -0.462 e. The molecule has 0 aromatic carbocycles. The molecule has 0 saturated carbocycles. The van der Waals surface area contributed by atoms with Crippen LogP contribution in [-0.4, -0.2) is 96.7 Å². The highest BCUT2D eigenvalue weighted by molar-refractivity contribution is 7.47. The first-order valence-corrected chi connectivity index (χ1v) is 47.0. The Hall–Kier alpha value is -1.94. The Bertz CT molecular complexity index is 2000. The number of aliphatic hydroxyl groups is 1. The van der Waals surface area contributed by atoms with Crippen molar-refractivity contribution in [3.63, 3.8) is 0 Å². The van der Waals surface area contributed by atoms with E-state index in [-0.39, 0.29) is 25.7 Å². The molecule has 0 bridgehead atoms. The summed E-state index contributed by atoms with van der Waals surface area (Å²) in [7, 11) is -9.93. The van der Waals surface area contributed by atoms with Crippen LogP contribution in [0.25, 0.3) is 0 Å². The number of esters is 4. The molecule has 0 aliphatic carbocycles. The van der Waals surface area contributed by atoms with Crippen molar-refractivity contribution in [2.75, 3.05) is 39.6 Å². The molecule has 0 amide bonds. The van der Waals surface area contributed by atoms with E-state index in [1.807, 2.05) is 0 Å². The minimum atomic E-state index is -4.97. The van der Waals surface area contributed by atoms with Crippen LogP contribution >= 0.6 is 15.6 Å². The molecule has 0 fully saturated rings. The van der Waals surface area contributed by atoms with E-state index in [1.54, 1.807) is 0 Å². The van der Waals surface area contributed by atoms with Gasteiger partial charge in [-0.05, 0) is 37.5 Å². The van der Waals surface area contributed by atoms with Crippen molar-refractivity contribution in [1.82, 2.24) is 0 Å². The lowest BCUT2D eigenvalue weighted by Crippen LogP contribution is -2.30. The van der Waals surface area contributed by atoms with Crippen LogP contribution in [0.1, 0.15) is 452 Å². The maximum atomic E-state index is 13.1. The number of unbranched alkanes of at least 4 members (excludes halogenated alkanes) is 53. The SMILES string of the molecule is CCCCCCCCCCCCCCCCCCCCCCCCC(=O)O[C@H](COC(=O)CCCCCCCCCCCCCCCCCC(C)C)COP(=O)(O)OC[C@@H](O)COP(=O)(O)OC[C@@H](COC(=O)CCCCCCCCC(C)CC)OC(=O)CCCCCCCCCCCCCCCC. The predicted molar refractivity (Wildman–Crippen MR) is 428 cm³/mol. The van der Waals surface area contributed by atoms with Gasteiger partial charge in [-0.15, -0.1) is 0 Å². The third-order valence-electron chi connectivity index (χ3n) is 20.3. The largest absolute Gasteiger partial charge is 0.472 e. The predicted octanol–water partition coefficient (Wildman–Crippen LogP) is 25.8. The second-order valence-electron chi connectivity index (χ2n) is 31.3. The molecule has 3 unspecified atom stereocenters. The second kappa shape index (κ2) is 76.4. The lowest BCUT2D eigenvalue weighted by molar-refractivity contribution is -0.161. The van der Waals surface area contributed by atoms with Gasteiger partial charge in [0.15, 0.2) is 12.2 Å². The number of carbonyl (C=O) groups is 4. The van der Waals surface area contributed by atoms with Gasteiger partial charge >= 0.3 is 39.5 Å². The van der Waals surface area contributed by atoms with Crippen molar-refractivity contribution in [3.05, 3.63) is 0 Å². The van der Waals surface area contributed by atoms with Crippen LogP contribution in [-0.2, 0) is 65.4 Å². The molecule has 0 aliphatic heterocycles. The van der Waals surface area contributed by atoms with Gasteiger partial charge in [-0.2, -0.15) is 0 Å². The van der Waals surface area contributed by atoms with Crippen molar-refractivity contribution in [1.29, 1.82) is 0 Å². The van der Waals surface area contributed by atoms with Gasteiger partial charge in [0.1, 0.15) is 19.3 Å². The highest BCUT2D eigenvalue weighted by Gasteiger charge is 2.30. The van der Waals surface area contributed by atoms with Gasteiger partial charge in [0.05, 0.1) is 26.4 Å². The maximum Gasteiger partial charge on any atom is 0.472 e.